The second-order valence-electron chi connectivity index (χ2n) is 5.76. The van der Waals surface area contributed by atoms with Crippen LogP contribution in [0.4, 0.5) is 0 Å². The van der Waals surface area contributed by atoms with Crippen LogP contribution in [0.15, 0.2) is 60.7 Å². The average molecular weight is 324 g/mol. The van der Waals surface area contributed by atoms with Crippen molar-refractivity contribution in [2.24, 2.45) is 0 Å². The summed E-state index contributed by atoms with van der Waals surface area (Å²) in [6.07, 6.45) is 1.67. The Bertz CT molecular complexity index is 641. The van der Waals surface area contributed by atoms with Crippen LogP contribution in [0.1, 0.15) is 30.9 Å². The Morgan fingerprint density at radius 3 is 2.08 bits per heavy atom. The number of hydrogen-bond acceptors (Lipinski definition) is 2. The van der Waals surface area contributed by atoms with Gasteiger partial charge in [0.15, 0.2) is 0 Å². The van der Waals surface area contributed by atoms with Crippen LogP contribution < -0.4 is 10.6 Å². The van der Waals surface area contributed by atoms with Crippen LogP contribution in [0.25, 0.3) is 0 Å². The van der Waals surface area contributed by atoms with E-state index in [0.29, 0.717) is 19.4 Å². The van der Waals surface area contributed by atoms with E-state index in [9.17, 15) is 9.59 Å². The smallest absolute Gasteiger partial charge is 0.243 e. The summed E-state index contributed by atoms with van der Waals surface area (Å²) >= 11 is 0. The number of benzene rings is 2. The van der Waals surface area contributed by atoms with Gasteiger partial charge in [-0.3, -0.25) is 9.59 Å². The summed E-state index contributed by atoms with van der Waals surface area (Å²) in [6.45, 7) is 2.40. The van der Waals surface area contributed by atoms with Gasteiger partial charge < -0.3 is 10.6 Å². The van der Waals surface area contributed by atoms with E-state index in [0.717, 1.165) is 17.5 Å². The second kappa shape index (κ2) is 9.50. The number of carbonyl (C=O) groups excluding carboxylic acids is 2. The molecule has 0 saturated heterocycles. The fraction of sp³-hybridized carbons (Fsp3) is 0.300. The molecule has 0 aliphatic rings. The maximum absolute atomic E-state index is 12.5. The van der Waals surface area contributed by atoms with Crippen LogP contribution >= 0.6 is 0 Å². The van der Waals surface area contributed by atoms with E-state index in [2.05, 4.69) is 10.6 Å². The van der Waals surface area contributed by atoms with Gasteiger partial charge in [-0.15, -0.1) is 0 Å². The minimum Gasteiger partial charge on any atom is -0.350 e. The molecule has 0 saturated carbocycles. The predicted molar refractivity (Wildman–Crippen MR) is 95.3 cm³/mol. The van der Waals surface area contributed by atoms with Gasteiger partial charge in [0.1, 0.15) is 6.04 Å². The van der Waals surface area contributed by atoms with Crippen molar-refractivity contribution in [2.45, 2.75) is 38.8 Å². The lowest BCUT2D eigenvalue weighted by Crippen LogP contribution is -2.47. The van der Waals surface area contributed by atoms with E-state index >= 15 is 0 Å². The lowest BCUT2D eigenvalue weighted by molar-refractivity contribution is -0.129. The lowest BCUT2D eigenvalue weighted by atomic mass is 10.0. The molecular formula is C20H24N2O2. The van der Waals surface area contributed by atoms with E-state index in [4.69, 9.17) is 0 Å². The monoisotopic (exact) mass is 324 g/mol. The first-order chi connectivity index (χ1) is 11.7. The van der Waals surface area contributed by atoms with Crippen molar-refractivity contribution in [1.29, 1.82) is 0 Å². The Kier molecular flexibility index (Phi) is 7.02. The van der Waals surface area contributed by atoms with Crippen molar-refractivity contribution in [2.75, 3.05) is 0 Å². The van der Waals surface area contributed by atoms with E-state index < -0.39 is 6.04 Å². The van der Waals surface area contributed by atoms with Crippen molar-refractivity contribution >= 4 is 11.8 Å². The van der Waals surface area contributed by atoms with Crippen LogP contribution in [0.3, 0.4) is 0 Å². The van der Waals surface area contributed by atoms with Gasteiger partial charge in [-0.25, -0.2) is 0 Å². The molecule has 2 amide bonds. The zero-order valence-corrected chi connectivity index (χ0v) is 14.0. The van der Waals surface area contributed by atoms with Gasteiger partial charge in [0, 0.05) is 19.4 Å². The molecule has 0 bridgehead atoms. The zero-order chi connectivity index (χ0) is 17.2. The largest absolute Gasteiger partial charge is 0.350 e. The summed E-state index contributed by atoms with van der Waals surface area (Å²) in [5.41, 5.74) is 2.05. The first-order valence-electron chi connectivity index (χ1n) is 8.34. The highest BCUT2D eigenvalue weighted by atomic mass is 16.2. The predicted octanol–water partition coefficient (Wildman–Crippen LogP) is 2.83. The molecule has 2 aromatic carbocycles. The third kappa shape index (κ3) is 5.88. The molecule has 0 aliphatic carbocycles. The minimum absolute atomic E-state index is 0.0895. The van der Waals surface area contributed by atoms with Gasteiger partial charge in [-0.05, 0) is 17.5 Å². The van der Waals surface area contributed by atoms with Crippen LogP contribution in [0, 0.1) is 0 Å². The highest BCUT2D eigenvalue weighted by Gasteiger charge is 2.20. The molecule has 2 N–H and O–H groups in total. The molecule has 4 nitrogen and oxygen atoms in total. The average Bonchev–Trinajstić information content (AvgIpc) is 2.61. The topological polar surface area (TPSA) is 58.2 Å². The van der Waals surface area contributed by atoms with Crippen LogP contribution in [-0.2, 0) is 22.6 Å². The summed E-state index contributed by atoms with van der Waals surface area (Å²) in [6, 6.07) is 18.9. The molecule has 0 heterocycles. The van der Waals surface area contributed by atoms with Gasteiger partial charge in [0.05, 0.1) is 0 Å². The highest BCUT2D eigenvalue weighted by Crippen LogP contribution is 2.05. The summed E-state index contributed by atoms with van der Waals surface area (Å²) in [4.78, 5) is 24.5. The van der Waals surface area contributed by atoms with E-state index in [1.54, 1.807) is 0 Å². The van der Waals surface area contributed by atoms with Gasteiger partial charge in [0.2, 0.25) is 11.8 Å². The molecule has 2 aromatic rings. The quantitative estimate of drug-likeness (QED) is 0.784. The third-order valence-corrected chi connectivity index (χ3v) is 3.72. The van der Waals surface area contributed by atoms with Gasteiger partial charge in [0.25, 0.3) is 0 Å². The second-order valence-corrected chi connectivity index (χ2v) is 5.76. The molecule has 0 aliphatic heterocycles. The Morgan fingerprint density at radius 2 is 1.50 bits per heavy atom. The molecule has 126 valence electrons. The Balaban J connectivity index is 2.00. The summed E-state index contributed by atoms with van der Waals surface area (Å²) in [7, 11) is 0. The molecule has 0 radical (unpaired) electrons. The standard InChI is InChI=1S/C20H24N2O2/c1-2-9-19(23)22-18(14-16-10-5-3-6-11-16)20(24)21-15-17-12-7-4-8-13-17/h3-8,10-13,18H,2,9,14-15H2,1H3,(H,21,24)(H,22,23)/t18-/m0/s1. The van der Waals surface area contributed by atoms with Crippen LogP contribution in [-0.4, -0.2) is 17.9 Å². The highest BCUT2D eigenvalue weighted by molar-refractivity contribution is 5.87. The van der Waals surface area contributed by atoms with Crippen LogP contribution in [0.5, 0.6) is 0 Å². The summed E-state index contributed by atoms with van der Waals surface area (Å²) in [5, 5.41) is 5.76. The first kappa shape index (κ1) is 17.7. The van der Waals surface area contributed by atoms with Crippen molar-refractivity contribution < 1.29 is 9.59 Å². The van der Waals surface area contributed by atoms with E-state index in [1.165, 1.54) is 0 Å². The molecule has 0 unspecified atom stereocenters. The first-order valence-corrected chi connectivity index (χ1v) is 8.34. The van der Waals surface area contributed by atoms with Crippen molar-refractivity contribution in [3.63, 3.8) is 0 Å². The zero-order valence-electron chi connectivity index (χ0n) is 14.0. The number of amides is 2. The number of rotatable bonds is 8. The molecule has 4 heteroatoms. The molecule has 2 rings (SSSR count). The number of nitrogens with one attached hydrogen (secondary N) is 2. The number of carbonyl (C=O) groups is 2. The Morgan fingerprint density at radius 1 is 0.917 bits per heavy atom. The Labute approximate surface area is 143 Å². The molecule has 24 heavy (non-hydrogen) atoms. The molecule has 1 atom stereocenters. The fourth-order valence-corrected chi connectivity index (χ4v) is 2.46. The van der Waals surface area contributed by atoms with Crippen molar-refractivity contribution in [3.8, 4) is 0 Å². The molecule has 0 aromatic heterocycles. The fourth-order valence-electron chi connectivity index (χ4n) is 2.46. The van der Waals surface area contributed by atoms with Gasteiger partial charge in [-0.1, -0.05) is 67.6 Å². The summed E-state index contributed by atoms with van der Waals surface area (Å²) in [5.74, 6) is -0.250. The molecular weight excluding hydrogens is 300 g/mol. The SMILES string of the molecule is CCCC(=O)N[C@@H](Cc1ccccc1)C(=O)NCc1ccccc1. The van der Waals surface area contributed by atoms with Crippen molar-refractivity contribution in [3.05, 3.63) is 71.8 Å². The van der Waals surface area contributed by atoms with Crippen LogP contribution in [0.2, 0.25) is 0 Å². The van der Waals surface area contributed by atoms with E-state index in [-0.39, 0.29) is 11.8 Å². The normalized spacial score (nSPS) is 11.5. The lowest BCUT2D eigenvalue weighted by Gasteiger charge is -2.18. The van der Waals surface area contributed by atoms with Gasteiger partial charge in [-0.2, -0.15) is 0 Å². The maximum atomic E-state index is 12.5. The number of hydrogen-bond donors (Lipinski definition) is 2. The minimum atomic E-state index is -0.560. The Hall–Kier alpha value is -2.62. The molecule has 0 spiro atoms. The molecule has 0 fully saturated rings. The maximum Gasteiger partial charge on any atom is 0.243 e. The van der Waals surface area contributed by atoms with E-state index in [1.807, 2.05) is 67.6 Å². The summed E-state index contributed by atoms with van der Waals surface area (Å²) < 4.78 is 0. The third-order valence-electron chi connectivity index (χ3n) is 3.72. The van der Waals surface area contributed by atoms with Gasteiger partial charge >= 0.3 is 0 Å². The van der Waals surface area contributed by atoms with Crippen molar-refractivity contribution in [1.82, 2.24) is 10.6 Å².